The molecule has 0 saturated heterocycles. The lowest BCUT2D eigenvalue weighted by atomic mass is 10.1. The molecule has 0 bridgehead atoms. The quantitative estimate of drug-likeness (QED) is 0.271. The van der Waals surface area contributed by atoms with Gasteiger partial charge in [-0.2, -0.15) is 0 Å². The van der Waals surface area contributed by atoms with Crippen LogP contribution in [0, 0.1) is 13.8 Å². The number of nitrogens with zero attached hydrogens (tertiary/aromatic N) is 3. The number of hydrogen-bond donors (Lipinski definition) is 0. The Balaban J connectivity index is 1.40. The van der Waals surface area contributed by atoms with E-state index >= 15 is 0 Å². The van der Waals surface area contributed by atoms with Crippen LogP contribution in [0.4, 0.5) is 0 Å². The molecule has 0 spiro atoms. The molecule has 7 nitrogen and oxygen atoms in total. The third kappa shape index (κ3) is 3.88. The van der Waals surface area contributed by atoms with Gasteiger partial charge in [-0.3, -0.25) is 9.36 Å². The first kappa shape index (κ1) is 18.8. The van der Waals surface area contributed by atoms with Crippen molar-refractivity contribution in [2.24, 2.45) is 0 Å². The molecule has 29 heavy (non-hydrogen) atoms. The van der Waals surface area contributed by atoms with Crippen LogP contribution < -0.4 is 0 Å². The number of carbonyl (C=O) groups is 2. The third-order valence-corrected chi connectivity index (χ3v) is 5.12. The number of rotatable bonds is 6. The number of thiazole rings is 1. The standard InChI is InChI=1S/C21H17N3O4S/c1-13-11-15(14(2)24(13)21-22-9-10-29-21)17(25)12-27-20(26)8-7-19-23-16-5-3-4-6-18(16)28-19/h3-11H,12H2,1-2H3/b8-7+. The van der Waals surface area contributed by atoms with Crippen LogP contribution >= 0.6 is 11.3 Å². The maximum atomic E-state index is 12.5. The van der Waals surface area contributed by atoms with Crippen LogP contribution in [-0.2, 0) is 9.53 Å². The minimum atomic E-state index is -0.644. The van der Waals surface area contributed by atoms with Crippen LogP contribution in [-0.4, -0.2) is 32.9 Å². The number of oxazole rings is 1. The molecule has 0 N–H and O–H groups in total. The van der Waals surface area contributed by atoms with E-state index in [1.807, 2.05) is 42.0 Å². The summed E-state index contributed by atoms with van der Waals surface area (Å²) in [4.78, 5) is 33.0. The number of ketones is 1. The van der Waals surface area contributed by atoms with Crippen molar-refractivity contribution in [1.29, 1.82) is 0 Å². The molecule has 0 radical (unpaired) electrons. The van der Waals surface area contributed by atoms with E-state index in [1.54, 1.807) is 18.3 Å². The summed E-state index contributed by atoms with van der Waals surface area (Å²) < 4.78 is 12.5. The van der Waals surface area contributed by atoms with Gasteiger partial charge in [0.05, 0.1) is 0 Å². The number of para-hydroxylation sites is 2. The zero-order valence-corrected chi connectivity index (χ0v) is 16.6. The zero-order valence-electron chi connectivity index (χ0n) is 15.8. The summed E-state index contributed by atoms with van der Waals surface area (Å²) in [6, 6.07) is 9.07. The van der Waals surface area contributed by atoms with Gasteiger partial charge < -0.3 is 9.15 Å². The molecule has 4 rings (SSSR count). The molecular formula is C21H17N3O4S. The fourth-order valence-electron chi connectivity index (χ4n) is 3.03. The van der Waals surface area contributed by atoms with E-state index in [0.29, 0.717) is 22.6 Å². The number of hydrogen-bond acceptors (Lipinski definition) is 7. The number of aromatic nitrogens is 3. The number of esters is 1. The van der Waals surface area contributed by atoms with Gasteiger partial charge in [-0.15, -0.1) is 11.3 Å². The van der Waals surface area contributed by atoms with Gasteiger partial charge >= 0.3 is 5.97 Å². The van der Waals surface area contributed by atoms with Gasteiger partial charge in [0.2, 0.25) is 11.7 Å². The maximum Gasteiger partial charge on any atom is 0.331 e. The highest BCUT2D eigenvalue weighted by Gasteiger charge is 2.18. The van der Waals surface area contributed by atoms with E-state index in [1.165, 1.54) is 23.5 Å². The van der Waals surface area contributed by atoms with E-state index in [0.717, 1.165) is 16.5 Å². The molecular weight excluding hydrogens is 390 g/mol. The van der Waals surface area contributed by atoms with Crippen molar-refractivity contribution in [2.45, 2.75) is 13.8 Å². The normalized spacial score (nSPS) is 11.4. The molecule has 0 aliphatic heterocycles. The van der Waals surface area contributed by atoms with Crippen molar-refractivity contribution in [3.63, 3.8) is 0 Å². The van der Waals surface area contributed by atoms with E-state index in [2.05, 4.69) is 9.97 Å². The molecule has 0 aliphatic rings. The molecule has 0 aliphatic carbocycles. The Morgan fingerprint density at radius 3 is 2.86 bits per heavy atom. The van der Waals surface area contributed by atoms with Crippen LogP contribution in [0.1, 0.15) is 27.6 Å². The first-order chi connectivity index (χ1) is 14.0. The number of Topliss-reactive ketones (excluding diaryl/α,β-unsaturated/α-hetero) is 1. The predicted octanol–water partition coefficient (Wildman–Crippen LogP) is 4.13. The highest BCUT2D eigenvalue weighted by molar-refractivity contribution is 7.12. The lowest BCUT2D eigenvalue weighted by Gasteiger charge is -2.05. The predicted molar refractivity (Wildman–Crippen MR) is 109 cm³/mol. The third-order valence-electron chi connectivity index (χ3n) is 4.36. The summed E-state index contributed by atoms with van der Waals surface area (Å²) in [5.74, 6) is -0.625. The van der Waals surface area contributed by atoms with Crippen molar-refractivity contribution in [3.8, 4) is 5.13 Å². The summed E-state index contributed by atoms with van der Waals surface area (Å²) >= 11 is 1.48. The molecule has 0 amide bonds. The topological polar surface area (TPSA) is 87.2 Å². The first-order valence-corrected chi connectivity index (χ1v) is 9.73. The molecule has 3 heterocycles. The number of carbonyl (C=O) groups excluding carboxylic acids is 2. The van der Waals surface area contributed by atoms with Gasteiger partial charge in [-0.1, -0.05) is 12.1 Å². The second kappa shape index (κ2) is 7.84. The second-order valence-corrected chi connectivity index (χ2v) is 7.19. The monoisotopic (exact) mass is 407 g/mol. The van der Waals surface area contributed by atoms with Crippen LogP contribution in [0.3, 0.4) is 0 Å². The maximum absolute atomic E-state index is 12.5. The van der Waals surface area contributed by atoms with Crippen molar-refractivity contribution in [3.05, 3.63) is 70.8 Å². The number of fused-ring (bicyclic) bond motifs is 1. The van der Waals surface area contributed by atoms with Crippen LogP contribution in [0.25, 0.3) is 22.3 Å². The SMILES string of the molecule is Cc1cc(C(=O)COC(=O)/C=C/c2nc3ccccc3o2)c(C)n1-c1nccs1. The van der Waals surface area contributed by atoms with Crippen LogP contribution in [0.5, 0.6) is 0 Å². The lowest BCUT2D eigenvalue weighted by Crippen LogP contribution is -2.13. The molecule has 0 saturated carbocycles. The summed E-state index contributed by atoms with van der Waals surface area (Å²) in [5, 5.41) is 2.66. The molecule has 1 aromatic carbocycles. The second-order valence-electron chi connectivity index (χ2n) is 6.32. The average Bonchev–Trinajstić information content (AvgIpc) is 3.43. The van der Waals surface area contributed by atoms with Gasteiger partial charge in [-0.05, 0) is 32.0 Å². The molecule has 0 atom stereocenters. The van der Waals surface area contributed by atoms with E-state index in [9.17, 15) is 9.59 Å². The Morgan fingerprint density at radius 1 is 1.28 bits per heavy atom. The first-order valence-electron chi connectivity index (χ1n) is 8.85. The van der Waals surface area contributed by atoms with Crippen molar-refractivity contribution >= 4 is 40.3 Å². The van der Waals surface area contributed by atoms with Gasteiger partial charge in [-0.25, -0.2) is 14.8 Å². The summed E-state index contributed by atoms with van der Waals surface area (Å²) in [6.45, 7) is 3.40. The minimum Gasteiger partial charge on any atom is -0.454 e. The lowest BCUT2D eigenvalue weighted by molar-refractivity contribution is -0.136. The summed E-state index contributed by atoms with van der Waals surface area (Å²) in [5.41, 5.74) is 3.49. The zero-order chi connectivity index (χ0) is 20.4. The Morgan fingerprint density at radius 2 is 2.10 bits per heavy atom. The summed E-state index contributed by atoms with van der Waals surface area (Å²) in [6.07, 6.45) is 4.32. The van der Waals surface area contributed by atoms with Crippen LogP contribution in [0.2, 0.25) is 0 Å². The van der Waals surface area contributed by atoms with E-state index < -0.39 is 5.97 Å². The van der Waals surface area contributed by atoms with E-state index in [4.69, 9.17) is 9.15 Å². The highest BCUT2D eigenvalue weighted by atomic mass is 32.1. The molecule has 0 fully saturated rings. The van der Waals surface area contributed by atoms with Crippen molar-refractivity contribution in [2.75, 3.05) is 6.61 Å². The minimum absolute atomic E-state index is 0.274. The van der Waals surface area contributed by atoms with Crippen LogP contribution in [0.15, 0.2) is 52.4 Å². The smallest absolute Gasteiger partial charge is 0.331 e. The number of ether oxygens (including phenoxy) is 1. The molecule has 3 aromatic heterocycles. The van der Waals surface area contributed by atoms with Gasteiger partial charge in [0.25, 0.3) is 0 Å². The fraction of sp³-hybridized carbons (Fsp3) is 0.143. The number of benzene rings is 1. The van der Waals surface area contributed by atoms with Gasteiger partial charge in [0.1, 0.15) is 5.52 Å². The fourth-order valence-corrected chi connectivity index (χ4v) is 3.78. The Hall–Kier alpha value is -3.52. The molecule has 146 valence electrons. The number of aryl methyl sites for hydroxylation is 1. The largest absolute Gasteiger partial charge is 0.454 e. The Labute approximate surface area is 170 Å². The molecule has 0 unspecified atom stereocenters. The Kier molecular flexibility index (Phi) is 5.09. The van der Waals surface area contributed by atoms with Gasteiger partial charge in [0.15, 0.2) is 17.3 Å². The Bertz CT molecular complexity index is 1190. The summed E-state index contributed by atoms with van der Waals surface area (Å²) in [7, 11) is 0. The average molecular weight is 407 g/mol. The van der Waals surface area contributed by atoms with Crippen molar-refractivity contribution < 1.29 is 18.7 Å². The highest BCUT2D eigenvalue weighted by Crippen LogP contribution is 2.22. The van der Waals surface area contributed by atoms with Gasteiger partial charge in [0, 0.05) is 40.7 Å². The molecule has 8 heteroatoms. The van der Waals surface area contributed by atoms with E-state index in [-0.39, 0.29) is 12.4 Å². The molecule has 4 aromatic rings. The van der Waals surface area contributed by atoms with Crippen molar-refractivity contribution in [1.82, 2.24) is 14.5 Å².